The zero-order valence-electron chi connectivity index (χ0n) is 6.43. The van der Waals surface area contributed by atoms with E-state index in [1.54, 1.807) is 16.7 Å². The number of thioether (sulfide) groups is 1. The molecule has 0 bridgehead atoms. The number of amides is 1. The summed E-state index contributed by atoms with van der Waals surface area (Å²) < 4.78 is 0. The number of fused-ring (bicyclic) bond motifs is 1. The maximum atomic E-state index is 11.4. The predicted octanol–water partition coefficient (Wildman–Crippen LogP) is -0.489. The monoisotopic (exact) mass is 183 g/mol. The molecule has 3 atom stereocenters. The molecule has 0 aromatic rings. The van der Waals surface area contributed by atoms with Crippen molar-refractivity contribution in [2.45, 2.75) is 23.9 Å². The number of rotatable bonds is 0. The molecule has 0 saturated carbocycles. The van der Waals surface area contributed by atoms with Gasteiger partial charge in [-0.3, -0.25) is 4.79 Å². The first kappa shape index (κ1) is 7.90. The van der Waals surface area contributed by atoms with E-state index < -0.39 is 0 Å². The first-order chi connectivity index (χ1) is 5.74. The molecule has 0 unspecified atom stereocenters. The van der Waals surface area contributed by atoms with Crippen LogP contribution in [0.3, 0.4) is 0 Å². The topological polar surface area (TPSA) is 70.1 Å². The van der Waals surface area contributed by atoms with Crippen LogP contribution in [-0.2, 0) is 4.79 Å². The summed E-state index contributed by atoms with van der Waals surface area (Å²) in [5.74, 6) is 0.677. The minimum absolute atomic E-state index is 0.0587. The van der Waals surface area contributed by atoms with Crippen LogP contribution in [0.25, 0.3) is 0 Å². The molecule has 5 heteroatoms. The van der Waals surface area contributed by atoms with Crippen molar-refractivity contribution < 1.29 is 4.79 Å². The molecule has 2 aliphatic heterocycles. The van der Waals surface area contributed by atoms with Gasteiger partial charge in [0.05, 0.1) is 17.5 Å². The Morgan fingerprint density at radius 1 is 1.75 bits per heavy atom. The van der Waals surface area contributed by atoms with Crippen LogP contribution >= 0.6 is 11.8 Å². The molecule has 0 radical (unpaired) electrons. The van der Waals surface area contributed by atoms with Gasteiger partial charge in [-0.1, -0.05) is 0 Å². The Labute approximate surface area is 74.7 Å². The summed E-state index contributed by atoms with van der Waals surface area (Å²) in [4.78, 5) is 13.0. The number of hydrogen-bond donors (Lipinski definition) is 1. The number of carbonyl (C=O) groups is 1. The third-order valence-corrected chi connectivity index (χ3v) is 3.58. The highest BCUT2D eigenvalue weighted by atomic mass is 32.2. The van der Waals surface area contributed by atoms with Gasteiger partial charge in [0.2, 0.25) is 5.91 Å². The van der Waals surface area contributed by atoms with Gasteiger partial charge in [0.1, 0.15) is 6.04 Å². The number of hydrogen-bond acceptors (Lipinski definition) is 4. The van der Waals surface area contributed by atoms with Crippen LogP contribution in [0, 0.1) is 11.3 Å². The Kier molecular flexibility index (Phi) is 1.74. The summed E-state index contributed by atoms with van der Waals surface area (Å²) in [6.07, 6.45) is 0.696. The smallest absolute Gasteiger partial charge is 0.241 e. The van der Waals surface area contributed by atoms with Crippen molar-refractivity contribution in [3.63, 3.8) is 0 Å². The summed E-state index contributed by atoms with van der Waals surface area (Å²) in [6, 6.07) is 1.49. The zero-order chi connectivity index (χ0) is 8.72. The normalized spacial score (nSPS) is 39.8. The summed E-state index contributed by atoms with van der Waals surface area (Å²) in [5.41, 5.74) is 5.57. The molecular formula is C7H9N3OS. The lowest BCUT2D eigenvalue weighted by molar-refractivity contribution is -0.129. The molecule has 2 saturated heterocycles. The zero-order valence-corrected chi connectivity index (χ0v) is 7.25. The molecule has 0 spiro atoms. The third-order valence-electron chi connectivity index (χ3n) is 2.27. The van der Waals surface area contributed by atoms with Crippen molar-refractivity contribution in [2.24, 2.45) is 5.73 Å². The highest BCUT2D eigenvalue weighted by molar-refractivity contribution is 8.00. The van der Waals surface area contributed by atoms with E-state index in [0.29, 0.717) is 6.42 Å². The van der Waals surface area contributed by atoms with Gasteiger partial charge in [0, 0.05) is 12.2 Å². The number of nitrogens with two attached hydrogens (primary N) is 1. The summed E-state index contributed by atoms with van der Waals surface area (Å²) in [5, 5.41) is 8.88. The van der Waals surface area contributed by atoms with Crippen molar-refractivity contribution >= 4 is 17.7 Å². The van der Waals surface area contributed by atoms with E-state index >= 15 is 0 Å². The average Bonchev–Trinajstić information content (AvgIpc) is 2.55. The SMILES string of the molecule is N#C[C@@H]1CS[C@@H]2C[C@@H](N)C(=O)N12. The van der Waals surface area contributed by atoms with Crippen LogP contribution in [0.2, 0.25) is 0 Å². The fourth-order valence-corrected chi connectivity index (χ4v) is 3.04. The Morgan fingerprint density at radius 2 is 2.50 bits per heavy atom. The van der Waals surface area contributed by atoms with Crippen molar-refractivity contribution in [2.75, 3.05) is 5.75 Å². The Hall–Kier alpha value is -0.730. The molecular weight excluding hydrogens is 174 g/mol. The van der Waals surface area contributed by atoms with Gasteiger partial charge in [0.15, 0.2) is 0 Å². The van der Waals surface area contributed by atoms with Crippen LogP contribution in [0.15, 0.2) is 0 Å². The standard InChI is InChI=1S/C7H9N3OS/c8-2-4-3-12-6-1-5(9)7(11)10(4)6/h4-6H,1,3,9H2/t4-,5-,6-/m1/s1. The van der Waals surface area contributed by atoms with Crippen molar-refractivity contribution in [3.05, 3.63) is 0 Å². The second kappa shape index (κ2) is 2.64. The van der Waals surface area contributed by atoms with E-state index in [1.165, 1.54) is 0 Å². The first-order valence-corrected chi connectivity index (χ1v) is 4.88. The molecule has 12 heavy (non-hydrogen) atoms. The Balaban J connectivity index is 2.22. The van der Waals surface area contributed by atoms with Crippen LogP contribution in [0.4, 0.5) is 0 Å². The molecule has 0 aromatic carbocycles. The molecule has 64 valence electrons. The first-order valence-electron chi connectivity index (χ1n) is 3.83. The second-order valence-corrected chi connectivity index (χ2v) is 4.23. The molecule has 1 amide bonds. The summed E-state index contributed by atoms with van der Waals surface area (Å²) in [7, 11) is 0. The maximum absolute atomic E-state index is 11.4. The van der Waals surface area contributed by atoms with Crippen molar-refractivity contribution in [3.8, 4) is 6.07 Å². The Morgan fingerprint density at radius 3 is 3.17 bits per heavy atom. The minimum Gasteiger partial charge on any atom is -0.320 e. The molecule has 0 aromatic heterocycles. The van der Waals surface area contributed by atoms with Gasteiger partial charge >= 0.3 is 0 Å². The van der Waals surface area contributed by atoms with Crippen LogP contribution in [0.5, 0.6) is 0 Å². The van der Waals surface area contributed by atoms with Gasteiger partial charge in [-0.05, 0) is 0 Å². The molecule has 2 fully saturated rings. The van der Waals surface area contributed by atoms with Gasteiger partial charge in [-0.25, -0.2) is 0 Å². The van der Waals surface area contributed by atoms with E-state index in [-0.39, 0.29) is 23.4 Å². The fraction of sp³-hybridized carbons (Fsp3) is 0.714. The van der Waals surface area contributed by atoms with E-state index in [9.17, 15) is 4.79 Å². The summed E-state index contributed by atoms with van der Waals surface area (Å²) >= 11 is 1.66. The highest BCUT2D eigenvalue weighted by Gasteiger charge is 2.46. The number of nitriles is 1. The number of nitrogens with zero attached hydrogens (tertiary/aromatic N) is 2. The van der Waals surface area contributed by atoms with E-state index in [4.69, 9.17) is 11.0 Å². The second-order valence-electron chi connectivity index (χ2n) is 3.02. The van der Waals surface area contributed by atoms with E-state index in [0.717, 1.165) is 5.75 Å². The van der Waals surface area contributed by atoms with Crippen LogP contribution in [0.1, 0.15) is 6.42 Å². The minimum atomic E-state index is -0.376. The summed E-state index contributed by atoms with van der Waals surface area (Å²) in [6.45, 7) is 0. The molecule has 0 aliphatic carbocycles. The third kappa shape index (κ3) is 0.919. The maximum Gasteiger partial charge on any atom is 0.241 e. The highest BCUT2D eigenvalue weighted by Crippen LogP contribution is 2.36. The lowest BCUT2D eigenvalue weighted by atomic mass is 10.3. The quantitative estimate of drug-likeness (QED) is 0.550. The molecule has 2 N–H and O–H groups in total. The fourth-order valence-electron chi connectivity index (χ4n) is 1.65. The number of carbonyl (C=O) groups excluding carboxylic acids is 1. The Bertz CT molecular complexity index is 262. The van der Waals surface area contributed by atoms with Gasteiger partial charge in [-0.15, -0.1) is 11.8 Å². The molecule has 2 heterocycles. The van der Waals surface area contributed by atoms with Gasteiger partial charge in [-0.2, -0.15) is 5.26 Å². The van der Waals surface area contributed by atoms with Crippen molar-refractivity contribution in [1.29, 1.82) is 5.26 Å². The average molecular weight is 183 g/mol. The molecule has 2 rings (SSSR count). The lowest BCUT2D eigenvalue weighted by Crippen LogP contribution is -2.39. The van der Waals surface area contributed by atoms with Crippen LogP contribution < -0.4 is 5.73 Å². The predicted molar refractivity (Wildman–Crippen MR) is 45.1 cm³/mol. The lowest BCUT2D eigenvalue weighted by Gasteiger charge is -2.17. The van der Waals surface area contributed by atoms with Gasteiger partial charge < -0.3 is 10.6 Å². The van der Waals surface area contributed by atoms with Gasteiger partial charge in [0.25, 0.3) is 0 Å². The van der Waals surface area contributed by atoms with E-state index in [2.05, 4.69) is 6.07 Å². The molecule has 2 aliphatic rings. The van der Waals surface area contributed by atoms with E-state index in [1.807, 2.05) is 0 Å². The van der Waals surface area contributed by atoms with Crippen molar-refractivity contribution in [1.82, 2.24) is 4.90 Å². The van der Waals surface area contributed by atoms with Crippen LogP contribution in [-0.4, -0.2) is 34.0 Å². The largest absolute Gasteiger partial charge is 0.320 e. The molecule has 4 nitrogen and oxygen atoms in total.